The third kappa shape index (κ3) is 3.45. The van der Waals surface area contributed by atoms with E-state index in [1.165, 1.54) is 5.57 Å². The van der Waals surface area contributed by atoms with Crippen molar-refractivity contribution in [2.75, 3.05) is 33.0 Å². The number of fused-ring (bicyclic) bond motifs is 8. The van der Waals surface area contributed by atoms with Crippen LogP contribution in [-0.4, -0.2) is 74.6 Å². The minimum Gasteiger partial charge on any atom is -0.466 e. The lowest BCUT2D eigenvalue weighted by Gasteiger charge is -2.61. The van der Waals surface area contributed by atoms with E-state index in [-0.39, 0.29) is 42.2 Å². The van der Waals surface area contributed by atoms with Crippen molar-refractivity contribution in [3.63, 3.8) is 0 Å². The number of ether oxygens (including phenoxy) is 5. The summed E-state index contributed by atoms with van der Waals surface area (Å²) in [5, 5.41) is 11.8. The van der Waals surface area contributed by atoms with E-state index in [9.17, 15) is 9.90 Å². The molecule has 6 aliphatic rings. The zero-order valence-electron chi connectivity index (χ0n) is 20.6. The van der Waals surface area contributed by atoms with Gasteiger partial charge in [0.05, 0.1) is 70.0 Å². The van der Waals surface area contributed by atoms with Crippen molar-refractivity contribution in [2.45, 2.75) is 89.3 Å². The van der Waals surface area contributed by atoms with Crippen molar-refractivity contribution < 1.29 is 33.6 Å². The maximum atomic E-state index is 12.5. The van der Waals surface area contributed by atoms with Crippen molar-refractivity contribution in [1.29, 1.82) is 0 Å². The number of aliphatic hydroxyl groups excluding tert-OH is 1. The molecule has 0 aromatic carbocycles. The summed E-state index contributed by atoms with van der Waals surface area (Å²) in [5.74, 6) is 0.924. The summed E-state index contributed by atoms with van der Waals surface area (Å²) in [6.07, 6.45) is 7.65. The van der Waals surface area contributed by atoms with Crippen LogP contribution in [-0.2, 0) is 28.5 Å². The van der Waals surface area contributed by atoms with Gasteiger partial charge in [0.1, 0.15) is 0 Å². The summed E-state index contributed by atoms with van der Waals surface area (Å²) >= 11 is 0. The molecule has 10 atom stereocenters. The van der Waals surface area contributed by atoms with E-state index in [0.29, 0.717) is 57.2 Å². The predicted molar refractivity (Wildman–Crippen MR) is 123 cm³/mol. The molecule has 2 saturated heterocycles. The van der Waals surface area contributed by atoms with Gasteiger partial charge < -0.3 is 28.8 Å². The molecule has 0 bridgehead atoms. The van der Waals surface area contributed by atoms with E-state index in [4.69, 9.17) is 23.7 Å². The molecule has 0 radical (unpaired) electrons. The first-order valence-electron chi connectivity index (χ1n) is 13.5. The number of esters is 1. The number of aliphatic hydroxyl groups is 1. The molecule has 7 nitrogen and oxygen atoms in total. The van der Waals surface area contributed by atoms with Crippen LogP contribution in [0.25, 0.3) is 0 Å². The van der Waals surface area contributed by atoms with Gasteiger partial charge in [0.15, 0.2) is 0 Å². The highest BCUT2D eigenvalue weighted by Crippen LogP contribution is 2.67. The van der Waals surface area contributed by atoms with Gasteiger partial charge in [-0.15, -0.1) is 0 Å². The molecular weight excluding hydrogens is 436 g/mol. The lowest BCUT2D eigenvalue weighted by molar-refractivity contribution is -0.199. The molecule has 0 amide bonds. The fraction of sp³-hybridized carbons (Fsp3) is 0.889. The van der Waals surface area contributed by atoms with Gasteiger partial charge in [0.25, 0.3) is 0 Å². The summed E-state index contributed by atoms with van der Waals surface area (Å²) in [6, 6.07) is 0. The summed E-state index contributed by atoms with van der Waals surface area (Å²) in [5.41, 5.74) is 0.921. The molecule has 7 heteroatoms. The van der Waals surface area contributed by atoms with Gasteiger partial charge in [-0.3, -0.25) is 4.79 Å². The van der Waals surface area contributed by atoms with Crippen LogP contribution in [0, 0.1) is 28.6 Å². The molecule has 0 aromatic rings. The molecule has 2 aliphatic heterocycles. The Labute approximate surface area is 202 Å². The number of carbonyl (C=O) groups excluding carboxylic acids is 1. The van der Waals surface area contributed by atoms with Crippen LogP contribution in [0.1, 0.15) is 58.8 Å². The number of allylic oxidation sites excluding steroid dienone is 1. The van der Waals surface area contributed by atoms with Crippen molar-refractivity contribution >= 4 is 5.97 Å². The first-order valence-corrected chi connectivity index (χ1v) is 13.5. The van der Waals surface area contributed by atoms with Crippen LogP contribution in [0.2, 0.25) is 0 Å². The largest absolute Gasteiger partial charge is 0.466 e. The third-order valence-electron chi connectivity index (χ3n) is 10.3. The van der Waals surface area contributed by atoms with E-state index in [1.807, 2.05) is 6.92 Å². The summed E-state index contributed by atoms with van der Waals surface area (Å²) in [4.78, 5) is 12.5. The average Bonchev–Trinajstić information content (AvgIpc) is 3.15. The minimum absolute atomic E-state index is 0.0338. The quantitative estimate of drug-likeness (QED) is 0.493. The topological polar surface area (TPSA) is 83.5 Å². The van der Waals surface area contributed by atoms with Gasteiger partial charge in [-0.2, -0.15) is 0 Å². The molecule has 3 saturated carbocycles. The maximum absolute atomic E-state index is 12.5. The van der Waals surface area contributed by atoms with Crippen LogP contribution < -0.4 is 0 Å². The molecule has 2 heterocycles. The molecule has 1 N–H and O–H groups in total. The maximum Gasteiger partial charge on any atom is 0.308 e. The SMILES string of the molecule is CCOC(=O)CC(O)[C@]12CC3OCCOC3CC1=CC[C@@H]1[C@@H]2CC[C@]2(C)C3OCCOC3C[C@@H]12. The van der Waals surface area contributed by atoms with Gasteiger partial charge in [0.2, 0.25) is 0 Å². The van der Waals surface area contributed by atoms with Gasteiger partial charge >= 0.3 is 5.97 Å². The summed E-state index contributed by atoms with van der Waals surface area (Å²) < 4.78 is 30.0. The Bertz CT molecular complexity index is 828. The second-order valence-corrected chi connectivity index (χ2v) is 11.6. The highest BCUT2D eigenvalue weighted by Gasteiger charge is 2.65. The van der Waals surface area contributed by atoms with Gasteiger partial charge in [-0.25, -0.2) is 0 Å². The number of hydrogen-bond acceptors (Lipinski definition) is 7. The predicted octanol–water partition coefficient (Wildman–Crippen LogP) is 3.03. The molecule has 0 spiro atoms. The van der Waals surface area contributed by atoms with E-state index in [2.05, 4.69) is 13.0 Å². The zero-order chi connectivity index (χ0) is 23.5. The zero-order valence-corrected chi connectivity index (χ0v) is 20.6. The first kappa shape index (κ1) is 23.4. The number of hydrogen-bond donors (Lipinski definition) is 1. The number of rotatable bonds is 4. The van der Waals surface area contributed by atoms with Crippen molar-refractivity contribution in [2.24, 2.45) is 28.6 Å². The second kappa shape index (κ2) is 8.84. The highest BCUT2D eigenvalue weighted by molar-refractivity contribution is 5.70. The van der Waals surface area contributed by atoms with Gasteiger partial charge in [-0.05, 0) is 68.6 Å². The standard InChI is InChI=1S/C27H40O7/c1-3-30-24(29)14-23(28)27-15-22-20(31-8-9-33-22)12-16(27)4-5-17-18(27)6-7-26(2)19(17)13-21-25(26)34-11-10-32-21/h4,17-23,25,28H,3,5-15H2,1-2H3/t17-,18+,19+,20?,21?,22?,23?,25?,26+,27-/m1/s1. The Balaban J connectivity index is 1.36. The molecule has 4 aliphatic carbocycles. The van der Waals surface area contributed by atoms with Gasteiger partial charge in [0, 0.05) is 5.41 Å². The van der Waals surface area contributed by atoms with Crippen molar-refractivity contribution in [1.82, 2.24) is 0 Å². The molecule has 0 aromatic heterocycles. The normalized spacial score (nSPS) is 48.3. The van der Waals surface area contributed by atoms with E-state index >= 15 is 0 Å². The molecule has 5 fully saturated rings. The Hall–Kier alpha value is -0.990. The first-order chi connectivity index (χ1) is 16.5. The van der Waals surface area contributed by atoms with Crippen LogP contribution in [0.15, 0.2) is 11.6 Å². The molecule has 6 rings (SSSR count). The molecular formula is C27H40O7. The van der Waals surface area contributed by atoms with E-state index in [0.717, 1.165) is 32.1 Å². The average molecular weight is 477 g/mol. The van der Waals surface area contributed by atoms with Crippen LogP contribution in [0.5, 0.6) is 0 Å². The fourth-order valence-corrected chi connectivity index (χ4v) is 8.99. The Kier molecular flexibility index (Phi) is 6.09. The van der Waals surface area contributed by atoms with Crippen molar-refractivity contribution in [3.8, 4) is 0 Å². The lowest BCUT2D eigenvalue weighted by atomic mass is 9.45. The molecule has 5 unspecified atom stereocenters. The monoisotopic (exact) mass is 476 g/mol. The molecule has 190 valence electrons. The van der Waals surface area contributed by atoms with E-state index < -0.39 is 11.5 Å². The van der Waals surface area contributed by atoms with Crippen molar-refractivity contribution in [3.05, 3.63) is 11.6 Å². The Morgan fingerprint density at radius 1 is 1.12 bits per heavy atom. The Morgan fingerprint density at radius 3 is 2.65 bits per heavy atom. The van der Waals surface area contributed by atoms with Gasteiger partial charge in [-0.1, -0.05) is 18.6 Å². The Morgan fingerprint density at radius 2 is 1.85 bits per heavy atom. The smallest absolute Gasteiger partial charge is 0.308 e. The summed E-state index contributed by atoms with van der Waals surface area (Å²) in [6.45, 7) is 7.14. The highest BCUT2D eigenvalue weighted by atomic mass is 16.6. The fourth-order valence-electron chi connectivity index (χ4n) is 8.99. The van der Waals surface area contributed by atoms with Crippen LogP contribution >= 0.6 is 0 Å². The van der Waals surface area contributed by atoms with E-state index in [1.54, 1.807) is 0 Å². The van der Waals surface area contributed by atoms with Crippen LogP contribution in [0.3, 0.4) is 0 Å². The molecule has 34 heavy (non-hydrogen) atoms. The minimum atomic E-state index is -0.780. The summed E-state index contributed by atoms with van der Waals surface area (Å²) in [7, 11) is 0. The lowest BCUT2D eigenvalue weighted by Crippen LogP contribution is -2.60. The third-order valence-corrected chi connectivity index (χ3v) is 10.3. The number of carbonyl (C=O) groups is 1. The second-order valence-electron chi connectivity index (χ2n) is 11.6. The van der Waals surface area contributed by atoms with Crippen LogP contribution in [0.4, 0.5) is 0 Å².